The molecule has 90 valence electrons. The molecule has 2 heterocycles. The zero-order valence-corrected chi connectivity index (χ0v) is 10.7. The molecule has 0 spiro atoms. The molecule has 0 bridgehead atoms. The maximum Gasteiger partial charge on any atom is 0.185 e. The van der Waals surface area contributed by atoms with Crippen molar-refractivity contribution in [2.45, 2.75) is 19.9 Å². The highest BCUT2D eigenvalue weighted by molar-refractivity contribution is 7.13. The van der Waals surface area contributed by atoms with Crippen molar-refractivity contribution in [3.63, 3.8) is 0 Å². The van der Waals surface area contributed by atoms with Gasteiger partial charge < -0.3 is 10.6 Å². The summed E-state index contributed by atoms with van der Waals surface area (Å²) in [4.78, 5) is 9.42. The molecule has 1 saturated heterocycles. The van der Waals surface area contributed by atoms with Crippen molar-refractivity contribution in [2.75, 3.05) is 37.6 Å². The topological polar surface area (TPSA) is 45.4 Å². The van der Waals surface area contributed by atoms with E-state index in [0.29, 0.717) is 6.54 Å². The molecule has 1 fully saturated rings. The Hall–Kier alpha value is -0.650. The Morgan fingerprint density at radius 3 is 2.69 bits per heavy atom. The minimum atomic E-state index is 0.548. The summed E-state index contributed by atoms with van der Waals surface area (Å²) in [6, 6.07) is 0. The number of thiazole rings is 1. The third-order valence-corrected chi connectivity index (χ3v) is 3.88. The number of nitrogens with zero attached hydrogens (tertiary/aromatic N) is 3. The van der Waals surface area contributed by atoms with Gasteiger partial charge in [-0.25, -0.2) is 4.98 Å². The first-order chi connectivity index (χ1) is 7.83. The molecule has 1 aliphatic rings. The summed E-state index contributed by atoms with van der Waals surface area (Å²) in [6.07, 6.45) is 1.24. The Kier molecular flexibility index (Phi) is 4.15. The average Bonchev–Trinajstić information content (AvgIpc) is 2.79. The molecule has 5 heteroatoms. The van der Waals surface area contributed by atoms with Gasteiger partial charge in [-0.3, -0.25) is 4.90 Å². The highest BCUT2D eigenvalue weighted by Crippen LogP contribution is 2.21. The Morgan fingerprint density at radius 2 is 2.12 bits per heavy atom. The summed E-state index contributed by atoms with van der Waals surface area (Å²) in [5.41, 5.74) is 6.58. The molecule has 0 atom stereocenters. The fourth-order valence-corrected chi connectivity index (χ4v) is 2.91. The van der Waals surface area contributed by atoms with Crippen LogP contribution in [0, 0.1) is 0 Å². The number of piperazine rings is 1. The normalized spacial score (nSPS) is 18.0. The number of hydrogen-bond donors (Lipinski definition) is 1. The molecular formula is C11H20N4S. The van der Waals surface area contributed by atoms with Gasteiger partial charge in [0.1, 0.15) is 0 Å². The van der Waals surface area contributed by atoms with Crippen LogP contribution in [0.1, 0.15) is 19.0 Å². The molecule has 2 rings (SSSR count). The van der Waals surface area contributed by atoms with E-state index in [1.165, 1.54) is 13.0 Å². The summed E-state index contributed by atoms with van der Waals surface area (Å²) in [7, 11) is 0. The van der Waals surface area contributed by atoms with Gasteiger partial charge in [-0.2, -0.15) is 0 Å². The quantitative estimate of drug-likeness (QED) is 0.857. The minimum absolute atomic E-state index is 0.548. The predicted molar refractivity (Wildman–Crippen MR) is 68.9 cm³/mol. The van der Waals surface area contributed by atoms with E-state index in [0.717, 1.165) is 37.0 Å². The fraction of sp³-hybridized carbons (Fsp3) is 0.727. The standard InChI is InChI=1S/C11H20N4S/c1-2-3-14-4-6-15(7-5-14)11-13-10(8-12)9-16-11/h9H,2-8,12H2,1H3. The van der Waals surface area contributed by atoms with Crippen LogP contribution in [0.3, 0.4) is 0 Å². The second-order valence-corrected chi connectivity index (χ2v) is 4.99. The minimum Gasteiger partial charge on any atom is -0.346 e. The van der Waals surface area contributed by atoms with Crippen LogP contribution in [-0.4, -0.2) is 42.6 Å². The van der Waals surface area contributed by atoms with Gasteiger partial charge in [-0.05, 0) is 13.0 Å². The Balaban J connectivity index is 1.88. The van der Waals surface area contributed by atoms with Gasteiger partial charge >= 0.3 is 0 Å². The number of nitrogens with two attached hydrogens (primary N) is 1. The van der Waals surface area contributed by atoms with E-state index in [2.05, 4.69) is 27.1 Å². The number of rotatable bonds is 4. The Morgan fingerprint density at radius 1 is 1.38 bits per heavy atom. The van der Waals surface area contributed by atoms with E-state index < -0.39 is 0 Å². The van der Waals surface area contributed by atoms with Crippen molar-refractivity contribution in [1.29, 1.82) is 0 Å². The molecular weight excluding hydrogens is 220 g/mol. The van der Waals surface area contributed by atoms with Crippen LogP contribution in [-0.2, 0) is 6.54 Å². The number of aromatic nitrogens is 1. The van der Waals surface area contributed by atoms with Gasteiger partial charge in [-0.1, -0.05) is 6.92 Å². The molecule has 0 aromatic carbocycles. The maximum absolute atomic E-state index is 5.57. The third kappa shape index (κ3) is 2.72. The lowest BCUT2D eigenvalue weighted by molar-refractivity contribution is 0.258. The van der Waals surface area contributed by atoms with E-state index >= 15 is 0 Å². The van der Waals surface area contributed by atoms with Crippen molar-refractivity contribution >= 4 is 16.5 Å². The Labute approximate surface area is 101 Å². The van der Waals surface area contributed by atoms with Crippen LogP contribution in [0.2, 0.25) is 0 Å². The van der Waals surface area contributed by atoms with Crippen LogP contribution in [0.25, 0.3) is 0 Å². The van der Waals surface area contributed by atoms with E-state index in [-0.39, 0.29) is 0 Å². The number of anilines is 1. The Bertz CT molecular complexity index is 318. The summed E-state index contributed by atoms with van der Waals surface area (Å²) < 4.78 is 0. The zero-order chi connectivity index (χ0) is 11.4. The van der Waals surface area contributed by atoms with Gasteiger partial charge in [0, 0.05) is 38.1 Å². The average molecular weight is 240 g/mol. The van der Waals surface area contributed by atoms with Crippen molar-refractivity contribution in [1.82, 2.24) is 9.88 Å². The van der Waals surface area contributed by atoms with Crippen molar-refractivity contribution < 1.29 is 0 Å². The molecule has 4 nitrogen and oxygen atoms in total. The first-order valence-electron chi connectivity index (χ1n) is 5.95. The lowest BCUT2D eigenvalue weighted by Crippen LogP contribution is -2.46. The molecule has 1 aromatic heterocycles. The summed E-state index contributed by atoms with van der Waals surface area (Å²) in [6.45, 7) is 8.51. The molecule has 0 saturated carbocycles. The van der Waals surface area contributed by atoms with Crippen molar-refractivity contribution in [2.24, 2.45) is 5.73 Å². The summed E-state index contributed by atoms with van der Waals surface area (Å²) >= 11 is 1.71. The predicted octanol–water partition coefficient (Wildman–Crippen LogP) is 1.13. The van der Waals surface area contributed by atoms with Gasteiger partial charge in [0.05, 0.1) is 5.69 Å². The van der Waals surface area contributed by atoms with E-state index in [1.807, 2.05) is 0 Å². The van der Waals surface area contributed by atoms with Crippen LogP contribution in [0.15, 0.2) is 5.38 Å². The van der Waals surface area contributed by atoms with Crippen LogP contribution < -0.4 is 10.6 Å². The summed E-state index contributed by atoms with van der Waals surface area (Å²) in [5.74, 6) is 0. The van der Waals surface area contributed by atoms with Crippen LogP contribution in [0.4, 0.5) is 5.13 Å². The van der Waals surface area contributed by atoms with Gasteiger partial charge in [0.25, 0.3) is 0 Å². The van der Waals surface area contributed by atoms with Gasteiger partial charge in [0.2, 0.25) is 0 Å². The molecule has 2 N–H and O–H groups in total. The second-order valence-electron chi connectivity index (χ2n) is 4.15. The third-order valence-electron chi connectivity index (χ3n) is 2.93. The molecule has 0 aliphatic carbocycles. The largest absolute Gasteiger partial charge is 0.346 e. The van der Waals surface area contributed by atoms with Crippen molar-refractivity contribution in [3.8, 4) is 0 Å². The SMILES string of the molecule is CCCN1CCN(c2nc(CN)cs2)CC1. The molecule has 0 unspecified atom stereocenters. The van der Waals surface area contributed by atoms with Gasteiger partial charge in [0.15, 0.2) is 5.13 Å². The van der Waals surface area contributed by atoms with Crippen molar-refractivity contribution in [3.05, 3.63) is 11.1 Å². The molecule has 1 aromatic rings. The fourth-order valence-electron chi connectivity index (χ4n) is 2.01. The second kappa shape index (κ2) is 5.61. The van der Waals surface area contributed by atoms with Crippen LogP contribution in [0.5, 0.6) is 0 Å². The molecule has 0 amide bonds. The van der Waals surface area contributed by atoms with Gasteiger partial charge in [-0.15, -0.1) is 11.3 Å². The number of hydrogen-bond acceptors (Lipinski definition) is 5. The monoisotopic (exact) mass is 240 g/mol. The van der Waals surface area contributed by atoms with E-state index in [4.69, 9.17) is 5.73 Å². The molecule has 0 radical (unpaired) electrons. The van der Waals surface area contributed by atoms with Crippen LogP contribution >= 0.6 is 11.3 Å². The lowest BCUT2D eigenvalue weighted by Gasteiger charge is -2.34. The molecule has 1 aliphatic heterocycles. The zero-order valence-electron chi connectivity index (χ0n) is 9.85. The maximum atomic E-state index is 5.57. The smallest absolute Gasteiger partial charge is 0.185 e. The first kappa shape index (κ1) is 11.8. The molecule has 16 heavy (non-hydrogen) atoms. The highest BCUT2D eigenvalue weighted by Gasteiger charge is 2.18. The van der Waals surface area contributed by atoms with E-state index in [1.54, 1.807) is 11.3 Å². The van der Waals surface area contributed by atoms with E-state index in [9.17, 15) is 0 Å². The first-order valence-corrected chi connectivity index (χ1v) is 6.83. The lowest BCUT2D eigenvalue weighted by atomic mass is 10.3. The summed E-state index contributed by atoms with van der Waals surface area (Å²) in [5, 5.41) is 3.20. The highest BCUT2D eigenvalue weighted by atomic mass is 32.1.